The van der Waals surface area contributed by atoms with Crippen molar-refractivity contribution < 1.29 is 65.6 Å². The molecule has 3 unspecified atom stereocenters. The number of hydrogen-bond acceptors (Lipinski definition) is 15. The fraction of sp³-hybridized carbons (Fsp3) is 0.353. The lowest BCUT2D eigenvalue weighted by Crippen LogP contribution is -2.31. The van der Waals surface area contributed by atoms with E-state index in [0.29, 0.717) is 0 Å². The molecular weight excluding hydrogens is 651 g/mol. The van der Waals surface area contributed by atoms with Crippen LogP contribution in [0.1, 0.15) is 28.6 Å². The third-order valence-corrected chi connectivity index (χ3v) is 9.05. The number of nitrogens with two attached hydrogens (primary N) is 1. The van der Waals surface area contributed by atoms with Gasteiger partial charge in [-0.15, -0.1) is 0 Å². The maximum Gasteiger partial charge on any atom is 0.490 e. The van der Waals surface area contributed by atoms with Gasteiger partial charge in [0, 0.05) is 29.7 Å². The number of anilines is 1. The molecule has 234 valence electrons. The summed E-state index contributed by atoms with van der Waals surface area (Å²) in [5.74, 6) is -1.36. The number of non-ortho nitro benzene ring substituents is 1. The van der Waals surface area contributed by atoms with Crippen molar-refractivity contribution in [2.45, 2.75) is 31.4 Å². The van der Waals surface area contributed by atoms with E-state index in [1.54, 1.807) is 0 Å². The first-order valence-electron chi connectivity index (χ1n) is 11.2. The molecule has 1 aliphatic rings. The summed E-state index contributed by atoms with van der Waals surface area (Å²) in [6.07, 6.45) is -3.48. The lowest BCUT2D eigenvalue weighted by atomic mass is 10.1. The normalized spacial score (nSPS) is 21.3. The Morgan fingerprint density at radius 3 is 2.53 bits per heavy atom. The number of carbonyl (C=O) groups is 1. The first-order chi connectivity index (χ1) is 19.9. The number of ether oxygens (including phenoxy) is 2. The van der Waals surface area contributed by atoms with Gasteiger partial charge in [0.25, 0.3) is 5.69 Å². The smallest absolute Gasteiger partial charge is 0.456 e. The Labute approximate surface area is 238 Å². The van der Waals surface area contributed by atoms with Crippen LogP contribution in [0, 0.1) is 10.1 Å². The van der Waals surface area contributed by atoms with E-state index in [0.717, 1.165) is 29.0 Å². The number of nitrogen functional groups attached to an aromatic ring is 1. The number of esters is 1. The molecule has 2 heterocycles. The SMILES string of the molecule is [N-]=[N+]=NCc1ccc([N+](=O)[O-])cc1C(=O)OC1C[C@H](n2ccc(N)nc2=O)O[C@@H]1COP(=O)(O)OP(=O)(O)OP(=O)(O)O. The second-order valence-electron chi connectivity index (χ2n) is 8.23. The zero-order valence-electron chi connectivity index (χ0n) is 21.0. The number of phosphoric ester groups is 1. The van der Waals surface area contributed by atoms with Crippen LogP contribution in [0.2, 0.25) is 0 Å². The van der Waals surface area contributed by atoms with E-state index in [1.165, 1.54) is 6.07 Å². The topological polar surface area (TPSA) is 348 Å². The maximum absolute atomic E-state index is 13.1. The van der Waals surface area contributed by atoms with Gasteiger partial charge in [-0.1, -0.05) is 11.2 Å². The number of benzene rings is 1. The maximum atomic E-state index is 13.1. The highest BCUT2D eigenvalue weighted by Gasteiger charge is 2.44. The van der Waals surface area contributed by atoms with Gasteiger partial charge in [-0.3, -0.25) is 19.2 Å². The van der Waals surface area contributed by atoms with Crippen LogP contribution >= 0.6 is 23.5 Å². The van der Waals surface area contributed by atoms with Crippen molar-refractivity contribution in [3.05, 3.63) is 72.6 Å². The molecule has 1 aromatic carbocycles. The number of rotatable bonds is 13. The average Bonchev–Trinajstić information content (AvgIpc) is 3.26. The zero-order valence-corrected chi connectivity index (χ0v) is 23.7. The van der Waals surface area contributed by atoms with Crippen molar-refractivity contribution in [2.24, 2.45) is 5.11 Å². The van der Waals surface area contributed by atoms with Gasteiger partial charge in [-0.25, -0.2) is 23.3 Å². The highest BCUT2D eigenvalue weighted by Crippen LogP contribution is 2.66. The van der Waals surface area contributed by atoms with Crippen molar-refractivity contribution in [1.29, 1.82) is 0 Å². The number of nitro groups is 1. The molecule has 2 aromatic rings. The van der Waals surface area contributed by atoms with E-state index < -0.39 is 82.9 Å². The van der Waals surface area contributed by atoms with Gasteiger partial charge >= 0.3 is 35.1 Å². The molecule has 3 rings (SSSR count). The summed E-state index contributed by atoms with van der Waals surface area (Å²) in [6, 6.07) is 4.24. The highest BCUT2D eigenvalue weighted by molar-refractivity contribution is 7.66. The molecule has 0 spiro atoms. The molecule has 1 aromatic heterocycles. The molecule has 0 bridgehead atoms. The summed E-state index contributed by atoms with van der Waals surface area (Å²) in [4.78, 5) is 78.4. The standard InChI is InChI=1S/C17H20N7O16P3/c18-14-3-4-23(17(26)21-14)15-6-12(13(37-15)8-36-42(32,33)40-43(34,35)39-41(29,30)31)38-16(25)11-5-10(24(27)28)2-1-9(11)7-20-22-19/h1-5,12-13,15H,6-8H2,(H,32,33)(H,34,35)(H2,18,21,26)(H2,29,30,31)/t12?,13-,15-/m1/s1. The number of aromatic nitrogens is 2. The van der Waals surface area contributed by atoms with Crippen LogP contribution in [-0.4, -0.2) is 58.8 Å². The van der Waals surface area contributed by atoms with Gasteiger partial charge in [0.1, 0.15) is 24.3 Å². The van der Waals surface area contributed by atoms with Crippen LogP contribution in [0.25, 0.3) is 10.4 Å². The van der Waals surface area contributed by atoms with E-state index in [2.05, 4.69) is 28.2 Å². The second kappa shape index (κ2) is 13.4. The van der Waals surface area contributed by atoms with Gasteiger partial charge < -0.3 is 34.8 Å². The molecule has 1 aliphatic heterocycles. The molecule has 0 aliphatic carbocycles. The molecular formula is C17H20N7O16P3. The van der Waals surface area contributed by atoms with Crippen LogP contribution in [0.3, 0.4) is 0 Å². The van der Waals surface area contributed by atoms with Gasteiger partial charge in [-0.05, 0) is 17.2 Å². The quantitative estimate of drug-likeness (QED) is 0.0382. The minimum atomic E-state index is -5.86. The first kappa shape index (κ1) is 33.9. The first-order valence-corrected chi connectivity index (χ1v) is 15.7. The van der Waals surface area contributed by atoms with Gasteiger partial charge in [-0.2, -0.15) is 13.6 Å². The fourth-order valence-electron chi connectivity index (χ4n) is 3.58. The number of nitrogens with zero attached hydrogens (tertiary/aromatic N) is 6. The van der Waals surface area contributed by atoms with E-state index in [4.69, 9.17) is 30.5 Å². The van der Waals surface area contributed by atoms with Crippen LogP contribution in [-0.2, 0) is 42.9 Å². The second-order valence-corrected chi connectivity index (χ2v) is 12.6. The van der Waals surface area contributed by atoms with Gasteiger partial charge in [0.2, 0.25) is 0 Å². The minimum Gasteiger partial charge on any atom is -0.456 e. The molecule has 1 fully saturated rings. The zero-order chi connectivity index (χ0) is 32.2. The highest BCUT2D eigenvalue weighted by atomic mass is 31.3. The molecule has 0 saturated carbocycles. The Bertz CT molecular complexity index is 1660. The van der Waals surface area contributed by atoms with Crippen LogP contribution in [0.15, 0.2) is 40.4 Å². The van der Waals surface area contributed by atoms with Crippen LogP contribution in [0.5, 0.6) is 0 Å². The Balaban J connectivity index is 1.89. The van der Waals surface area contributed by atoms with Crippen molar-refractivity contribution in [1.82, 2.24) is 9.55 Å². The molecule has 43 heavy (non-hydrogen) atoms. The molecule has 23 nitrogen and oxygen atoms in total. The number of carbonyl (C=O) groups excluding carboxylic acids is 1. The van der Waals surface area contributed by atoms with Crippen molar-refractivity contribution in [2.75, 3.05) is 12.3 Å². The summed E-state index contributed by atoms with van der Waals surface area (Å²) in [5.41, 5.74) is 12.3. The van der Waals surface area contributed by atoms with E-state index in [-0.39, 0.29) is 17.8 Å². The Kier molecular flexibility index (Phi) is 10.6. The average molecular weight is 671 g/mol. The molecule has 5 atom stereocenters. The van der Waals surface area contributed by atoms with Crippen molar-refractivity contribution >= 4 is 40.9 Å². The summed E-state index contributed by atoms with van der Waals surface area (Å²) in [5, 5.41) is 14.6. The van der Waals surface area contributed by atoms with Crippen LogP contribution < -0.4 is 11.4 Å². The lowest BCUT2D eigenvalue weighted by molar-refractivity contribution is -0.384. The summed E-state index contributed by atoms with van der Waals surface area (Å²) >= 11 is 0. The van der Waals surface area contributed by atoms with E-state index >= 15 is 0 Å². The minimum absolute atomic E-state index is 0.0210. The summed E-state index contributed by atoms with van der Waals surface area (Å²) in [7, 11) is -17.2. The number of phosphoric acid groups is 3. The molecule has 6 N–H and O–H groups in total. The van der Waals surface area contributed by atoms with Gasteiger partial charge in [0.15, 0.2) is 0 Å². The predicted molar refractivity (Wildman–Crippen MR) is 136 cm³/mol. The monoisotopic (exact) mass is 671 g/mol. The summed E-state index contributed by atoms with van der Waals surface area (Å²) < 4.78 is 58.4. The Morgan fingerprint density at radius 2 is 1.93 bits per heavy atom. The van der Waals surface area contributed by atoms with E-state index in [1.807, 2.05) is 0 Å². The predicted octanol–water partition coefficient (Wildman–Crippen LogP) is 1.40. The summed E-state index contributed by atoms with van der Waals surface area (Å²) in [6.45, 7) is -1.49. The van der Waals surface area contributed by atoms with Gasteiger partial charge in [0.05, 0.1) is 23.6 Å². The number of hydrogen-bond donors (Lipinski definition) is 5. The molecule has 0 amide bonds. The largest absolute Gasteiger partial charge is 0.490 e. The lowest BCUT2D eigenvalue weighted by Gasteiger charge is -2.21. The van der Waals surface area contributed by atoms with Crippen molar-refractivity contribution in [3.8, 4) is 0 Å². The van der Waals surface area contributed by atoms with E-state index in [9.17, 15) is 43.2 Å². The third kappa shape index (κ3) is 9.73. The third-order valence-electron chi connectivity index (χ3n) is 5.25. The number of nitro benzene ring substituents is 1. The Morgan fingerprint density at radius 1 is 1.23 bits per heavy atom. The van der Waals surface area contributed by atoms with Crippen molar-refractivity contribution in [3.63, 3.8) is 0 Å². The number of azide groups is 1. The molecule has 1 saturated heterocycles. The molecule has 0 radical (unpaired) electrons. The Hall–Kier alpha value is -3.55. The molecule has 26 heteroatoms. The van der Waals surface area contributed by atoms with Crippen LogP contribution in [0.4, 0.5) is 11.5 Å². The fourth-order valence-corrected chi connectivity index (χ4v) is 6.61.